The van der Waals surface area contributed by atoms with E-state index in [1.54, 1.807) is 31.4 Å². The molecule has 2 aromatic heterocycles. The summed E-state index contributed by atoms with van der Waals surface area (Å²) in [5.41, 5.74) is 10.8. The molecule has 0 aliphatic carbocycles. The molecular formula is C19H20N2O2S. The number of aryl methyl sites for hydroxylation is 2. The molecule has 124 valence electrons. The van der Waals surface area contributed by atoms with E-state index in [-0.39, 0.29) is 5.78 Å². The summed E-state index contributed by atoms with van der Waals surface area (Å²) in [6, 6.07) is 7.07. The molecule has 0 saturated carbocycles. The summed E-state index contributed by atoms with van der Waals surface area (Å²) < 4.78 is 5.14. The number of hydrogen-bond donors (Lipinski definition) is 1. The van der Waals surface area contributed by atoms with Crippen LogP contribution >= 0.6 is 11.3 Å². The van der Waals surface area contributed by atoms with Gasteiger partial charge in [0.15, 0.2) is 0 Å². The number of rotatable bonds is 4. The molecule has 0 radical (unpaired) electrons. The second kappa shape index (κ2) is 6.24. The van der Waals surface area contributed by atoms with Gasteiger partial charge in [0, 0.05) is 16.6 Å². The quantitative estimate of drug-likeness (QED) is 0.719. The first kappa shape index (κ1) is 16.5. The second-order valence-corrected chi connectivity index (χ2v) is 6.74. The normalized spacial score (nSPS) is 11.0. The van der Waals surface area contributed by atoms with Crippen molar-refractivity contribution in [1.82, 2.24) is 4.98 Å². The smallest absolute Gasteiger partial charge is 0.205 e. The maximum atomic E-state index is 12.8. The number of ether oxygens (including phenoxy) is 1. The van der Waals surface area contributed by atoms with E-state index in [1.165, 1.54) is 16.9 Å². The van der Waals surface area contributed by atoms with Crippen molar-refractivity contribution in [2.75, 3.05) is 12.8 Å². The minimum atomic E-state index is -0.0757. The van der Waals surface area contributed by atoms with Crippen molar-refractivity contribution in [3.63, 3.8) is 0 Å². The van der Waals surface area contributed by atoms with Gasteiger partial charge in [-0.05, 0) is 55.7 Å². The van der Waals surface area contributed by atoms with Gasteiger partial charge >= 0.3 is 0 Å². The van der Waals surface area contributed by atoms with Gasteiger partial charge < -0.3 is 10.5 Å². The Morgan fingerprint density at radius 3 is 2.50 bits per heavy atom. The molecule has 3 aromatic rings. The van der Waals surface area contributed by atoms with Crippen LogP contribution in [0.3, 0.4) is 0 Å². The number of hydrogen-bond acceptors (Lipinski definition) is 5. The summed E-state index contributed by atoms with van der Waals surface area (Å²) in [5, 5.41) is 0.916. The van der Waals surface area contributed by atoms with Gasteiger partial charge in [0.1, 0.15) is 15.5 Å². The predicted octanol–water partition coefficient (Wildman–Crippen LogP) is 4.30. The van der Waals surface area contributed by atoms with Crippen LogP contribution in [0.2, 0.25) is 0 Å². The Bertz CT molecular complexity index is 927. The fourth-order valence-electron chi connectivity index (χ4n) is 3.08. The molecule has 0 fully saturated rings. The van der Waals surface area contributed by atoms with Crippen molar-refractivity contribution < 1.29 is 9.53 Å². The zero-order chi connectivity index (χ0) is 17.4. The molecule has 4 nitrogen and oxygen atoms in total. The van der Waals surface area contributed by atoms with E-state index < -0.39 is 0 Å². The van der Waals surface area contributed by atoms with E-state index in [1.807, 2.05) is 6.92 Å². The lowest BCUT2D eigenvalue weighted by molar-refractivity contribution is 0.104. The number of pyridine rings is 1. The maximum Gasteiger partial charge on any atom is 0.205 e. The average molecular weight is 340 g/mol. The van der Waals surface area contributed by atoms with Gasteiger partial charge in [-0.3, -0.25) is 4.79 Å². The largest absolute Gasteiger partial charge is 0.497 e. The van der Waals surface area contributed by atoms with Crippen LogP contribution in [0.1, 0.15) is 39.0 Å². The molecule has 0 bridgehead atoms. The molecule has 1 aromatic carbocycles. The molecule has 24 heavy (non-hydrogen) atoms. The first-order valence-electron chi connectivity index (χ1n) is 7.84. The molecule has 0 unspecified atom stereocenters. The molecule has 0 aliphatic rings. The zero-order valence-electron chi connectivity index (χ0n) is 14.3. The summed E-state index contributed by atoms with van der Waals surface area (Å²) >= 11 is 1.37. The molecule has 0 atom stereocenters. The summed E-state index contributed by atoms with van der Waals surface area (Å²) in [6.45, 7) is 6.17. The first-order chi connectivity index (χ1) is 11.5. The fraction of sp³-hybridized carbons (Fsp3) is 0.263. The second-order valence-electron chi connectivity index (χ2n) is 5.74. The van der Waals surface area contributed by atoms with Crippen LogP contribution in [0.15, 0.2) is 24.3 Å². The maximum absolute atomic E-state index is 12.8. The highest BCUT2D eigenvalue weighted by Gasteiger charge is 2.21. The van der Waals surface area contributed by atoms with E-state index >= 15 is 0 Å². The molecule has 2 N–H and O–H groups in total. The molecule has 0 aliphatic heterocycles. The number of anilines is 1. The Hall–Kier alpha value is -2.40. The van der Waals surface area contributed by atoms with Crippen LogP contribution < -0.4 is 10.5 Å². The van der Waals surface area contributed by atoms with Gasteiger partial charge in [0.25, 0.3) is 0 Å². The topological polar surface area (TPSA) is 65.2 Å². The third-order valence-electron chi connectivity index (χ3n) is 4.37. The summed E-state index contributed by atoms with van der Waals surface area (Å²) in [7, 11) is 1.60. The molecule has 5 heteroatoms. The molecule has 0 amide bonds. The molecule has 3 rings (SSSR count). The van der Waals surface area contributed by atoms with Crippen LogP contribution in [-0.4, -0.2) is 17.9 Å². The molecule has 0 saturated heterocycles. The SMILES string of the molecule is CCc1c(C)nc2sc(C(=O)c3ccc(OC)cc3)c(N)c2c1C. The highest BCUT2D eigenvalue weighted by atomic mass is 32.1. The summed E-state index contributed by atoms with van der Waals surface area (Å²) in [6.07, 6.45) is 0.900. The van der Waals surface area contributed by atoms with E-state index in [9.17, 15) is 4.79 Å². The zero-order valence-corrected chi connectivity index (χ0v) is 15.1. The number of nitrogen functional groups attached to an aromatic ring is 1. The number of nitrogens with zero attached hydrogens (tertiary/aromatic N) is 1. The number of ketones is 1. The van der Waals surface area contributed by atoms with Gasteiger partial charge in [-0.2, -0.15) is 0 Å². The van der Waals surface area contributed by atoms with Crippen LogP contribution in [0.5, 0.6) is 5.75 Å². The van der Waals surface area contributed by atoms with E-state index in [0.29, 0.717) is 16.1 Å². The number of thiophene rings is 1. The molecule has 2 heterocycles. The Balaban J connectivity index is 2.14. The number of methoxy groups -OCH3 is 1. The molecule has 0 spiro atoms. The van der Waals surface area contributed by atoms with Crippen LogP contribution in [0.25, 0.3) is 10.2 Å². The van der Waals surface area contributed by atoms with Gasteiger partial charge in [-0.15, -0.1) is 11.3 Å². The first-order valence-corrected chi connectivity index (χ1v) is 8.66. The lowest BCUT2D eigenvalue weighted by atomic mass is 10.0. The van der Waals surface area contributed by atoms with Crippen molar-refractivity contribution in [2.24, 2.45) is 0 Å². The van der Waals surface area contributed by atoms with Crippen molar-refractivity contribution >= 4 is 33.0 Å². The number of carbonyl (C=O) groups is 1. The highest BCUT2D eigenvalue weighted by molar-refractivity contribution is 7.21. The van der Waals surface area contributed by atoms with Crippen molar-refractivity contribution in [2.45, 2.75) is 27.2 Å². The Labute approximate surface area is 145 Å². The lowest BCUT2D eigenvalue weighted by Crippen LogP contribution is -2.02. The van der Waals surface area contributed by atoms with E-state index in [4.69, 9.17) is 10.5 Å². The number of nitrogens with two attached hydrogens (primary N) is 1. The third-order valence-corrected chi connectivity index (χ3v) is 5.47. The summed E-state index contributed by atoms with van der Waals surface area (Å²) in [4.78, 5) is 18.9. The number of carbonyl (C=O) groups excluding carboxylic acids is 1. The summed E-state index contributed by atoms with van der Waals surface area (Å²) in [5.74, 6) is 0.643. The molecular weight excluding hydrogens is 320 g/mol. The van der Waals surface area contributed by atoms with Crippen LogP contribution in [0.4, 0.5) is 5.69 Å². The van der Waals surface area contributed by atoms with Gasteiger partial charge in [0.05, 0.1) is 12.8 Å². The average Bonchev–Trinajstić information content (AvgIpc) is 2.91. The number of fused-ring (bicyclic) bond motifs is 1. The Morgan fingerprint density at radius 1 is 1.25 bits per heavy atom. The predicted molar refractivity (Wildman–Crippen MR) is 99.3 cm³/mol. The fourth-order valence-corrected chi connectivity index (χ4v) is 4.24. The standard InChI is InChI=1S/C19H20N2O2S/c1-5-14-10(2)15-16(20)18(24-19(15)21-11(14)3)17(22)12-6-8-13(23-4)9-7-12/h6-9H,5,20H2,1-4H3. The van der Waals surface area contributed by atoms with Crippen molar-refractivity contribution in [3.05, 3.63) is 51.5 Å². The Kier molecular flexibility index (Phi) is 4.28. The van der Waals surface area contributed by atoms with Gasteiger partial charge in [-0.25, -0.2) is 4.98 Å². The minimum Gasteiger partial charge on any atom is -0.497 e. The van der Waals surface area contributed by atoms with Crippen molar-refractivity contribution in [3.8, 4) is 5.75 Å². The lowest BCUT2D eigenvalue weighted by Gasteiger charge is -2.08. The monoisotopic (exact) mass is 340 g/mol. The number of aromatic nitrogens is 1. The third kappa shape index (κ3) is 2.55. The highest BCUT2D eigenvalue weighted by Crippen LogP contribution is 2.38. The number of benzene rings is 1. The van der Waals surface area contributed by atoms with Gasteiger partial charge in [0.2, 0.25) is 5.78 Å². The van der Waals surface area contributed by atoms with Crippen LogP contribution in [-0.2, 0) is 6.42 Å². The van der Waals surface area contributed by atoms with E-state index in [2.05, 4.69) is 18.8 Å². The van der Waals surface area contributed by atoms with Crippen LogP contribution in [0, 0.1) is 13.8 Å². The minimum absolute atomic E-state index is 0.0757. The van der Waals surface area contributed by atoms with Crippen molar-refractivity contribution in [1.29, 1.82) is 0 Å². The van der Waals surface area contributed by atoms with Gasteiger partial charge in [-0.1, -0.05) is 6.92 Å². The Morgan fingerprint density at radius 2 is 1.92 bits per heavy atom. The van der Waals surface area contributed by atoms with E-state index in [0.717, 1.165) is 33.6 Å².